The van der Waals surface area contributed by atoms with E-state index in [1.807, 2.05) is 24.3 Å². The first-order valence-corrected chi connectivity index (χ1v) is 13.6. The number of halogens is 1. The van der Waals surface area contributed by atoms with Crippen LogP contribution >= 0.6 is 22.9 Å². The summed E-state index contributed by atoms with van der Waals surface area (Å²) in [6.45, 7) is 0. The van der Waals surface area contributed by atoms with Gasteiger partial charge in [-0.3, -0.25) is 0 Å². The van der Waals surface area contributed by atoms with Gasteiger partial charge in [0.15, 0.2) is 0 Å². The molecule has 2 aliphatic rings. The summed E-state index contributed by atoms with van der Waals surface area (Å²) in [6.07, 6.45) is 12.5. The zero-order chi connectivity index (χ0) is 20.2. The van der Waals surface area contributed by atoms with E-state index >= 15 is 0 Å². The number of hydrogen-bond acceptors (Lipinski definition) is 6. The molecule has 4 rings (SSSR count). The van der Waals surface area contributed by atoms with Crippen LogP contribution in [0.2, 0.25) is 5.15 Å². The molecule has 29 heavy (non-hydrogen) atoms. The molecule has 0 amide bonds. The van der Waals surface area contributed by atoms with Gasteiger partial charge >= 0.3 is 190 Å². The quantitative estimate of drug-likeness (QED) is 0.444. The Morgan fingerprint density at radius 2 is 2.14 bits per heavy atom. The monoisotopic (exact) mass is 524 g/mol. The van der Waals surface area contributed by atoms with Gasteiger partial charge in [-0.2, -0.15) is 0 Å². The van der Waals surface area contributed by atoms with Crippen molar-refractivity contribution in [1.29, 1.82) is 0 Å². The van der Waals surface area contributed by atoms with Gasteiger partial charge in [0.25, 0.3) is 0 Å². The molecule has 1 saturated carbocycles. The van der Waals surface area contributed by atoms with Crippen molar-refractivity contribution < 1.29 is 9.53 Å². The number of hydrogen-bond donors (Lipinski definition) is 0. The number of carbonyl (C=O) groups is 1. The van der Waals surface area contributed by atoms with Crippen LogP contribution < -0.4 is 7.50 Å². The second kappa shape index (κ2) is 9.29. The first kappa shape index (κ1) is 20.4. The summed E-state index contributed by atoms with van der Waals surface area (Å²) in [5.41, 5.74) is 2.23. The third-order valence-corrected chi connectivity index (χ3v) is 9.74. The number of ether oxygens (including phenoxy) is 1. The van der Waals surface area contributed by atoms with Crippen LogP contribution in [-0.2, 0) is 4.79 Å². The summed E-state index contributed by atoms with van der Waals surface area (Å²) < 4.78 is 6.44. The molecule has 2 aromatic rings. The van der Waals surface area contributed by atoms with Crippen LogP contribution in [0.4, 0.5) is 0 Å². The van der Waals surface area contributed by atoms with E-state index in [0.717, 1.165) is 20.3 Å². The van der Waals surface area contributed by atoms with Gasteiger partial charge in [0.05, 0.1) is 0 Å². The Balaban J connectivity index is 1.65. The summed E-state index contributed by atoms with van der Waals surface area (Å²) in [5, 5.41) is 9.43. The molecule has 0 unspecified atom stereocenters. The summed E-state index contributed by atoms with van der Waals surface area (Å²) in [6, 6.07) is 1.73. The second-order valence-electron chi connectivity index (χ2n) is 6.57. The van der Waals surface area contributed by atoms with E-state index in [9.17, 15) is 4.79 Å². The van der Waals surface area contributed by atoms with Crippen LogP contribution in [0.5, 0.6) is 5.75 Å². The number of allylic oxidation sites excluding steroid dienone is 6. The van der Waals surface area contributed by atoms with E-state index in [4.69, 9.17) is 16.3 Å². The zero-order valence-corrected chi connectivity index (χ0v) is 20.6. The van der Waals surface area contributed by atoms with Crippen LogP contribution in [0.1, 0.15) is 29.8 Å². The van der Waals surface area contributed by atoms with Gasteiger partial charge in [-0.15, -0.1) is 0 Å². The maximum atomic E-state index is 13.2. The molecule has 0 aliphatic heterocycles. The number of nitrogens with zero attached hydrogens (tertiary/aromatic N) is 3. The SMILES string of the molecule is COc1cnc(Cl)cc1C1=C([C](=O)[In][c]2nnc(C#CC3CC3)s2)C=CCC=C1. The third kappa shape index (κ3) is 5.19. The number of aromatic nitrogens is 3. The summed E-state index contributed by atoms with van der Waals surface area (Å²) in [7, 11) is 1.58. The number of carbonyl (C=O) groups excluding carboxylic acids is 1. The van der Waals surface area contributed by atoms with Crippen LogP contribution in [0.15, 0.2) is 42.1 Å². The Kier molecular flexibility index (Phi) is 6.53. The van der Waals surface area contributed by atoms with Gasteiger partial charge in [0, 0.05) is 0 Å². The molecule has 143 valence electrons. The minimum absolute atomic E-state index is 0.144. The minimum atomic E-state index is -1.85. The van der Waals surface area contributed by atoms with E-state index in [-0.39, 0.29) is 3.54 Å². The Hall–Kier alpha value is -1.88. The molecule has 0 spiro atoms. The Labute approximate surface area is 189 Å². The van der Waals surface area contributed by atoms with Crippen LogP contribution in [-0.4, -0.2) is 48.7 Å². The molecule has 0 saturated heterocycles. The van der Waals surface area contributed by atoms with Gasteiger partial charge < -0.3 is 0 Å². The van der Waals surface area contributed by atoms with E-state index in [1.54, 1.807) is 19.4 Å². The maximum absolute atomic E-state index is 13.2. The predicted molar refractivity (Wildman–Crippen MR) is 116 cm³/mol. The fourth-order valence-electron chi connectivity index (χ4n) is 2.79. The van der Waals surface area contributed by atoms with Crippen LogP contribution in [0.3, 0.4) is 0 Å². The van der Waals surface area contributed by atoms with Crippen molar-refractivity contribution in [2.75, 3.05) is 7.11 Å². The summed E-state index contributed by atoms with van der Waals surface area (Å²) >= 11 is 5.72. The van der Waals surface area contributed by atoms with Crippen molar-refractivity contribution in [3.8, 4) is 17.6 Å². The molecule has 2 aromatic heterocycles. The first-order valence-electron chi connectivity index (χ1n) is 9.15. The molecule has 0 aromatic carbocycles. The number of rotatable bonds is 5. The average Bonchev–Trinajstić information content (AvgIpc) is 3.49. The van der Waals surface area contributed by atoms with Crippen molar-refractivity contribution in [2.24, 2.45) is 5.92 Å². The Bertz CT molecular complexity index is 1110. The fourth-order valence-corrected chi connectivity index (χ4v) is 7.79. The molecule has 8 heteroatoms. The van der Waals surface area contributed by atoms with E-state index < -0.39 is 22.9 Å². The van der Waals surface area contributed by atoms with Gasteiger partial charge in [-0.05, 0) is 0 Å². The zero-order valence-electron chi connectivity index (χ0n) is 15.7. The molecule has 1 radical (unpaired) electrons. The predicted octanol–water partition coefficient (Wildman–Crippen LogP) is 3.18. The first-order chi connectivity index (χ1) is 14.1. The van der Waals surface area contributed by atoms with Gasteiger partial charge in [0.1, 0.15) is 0 Å². The van der Waals surface area contributed by atoms with Gasteiger partial charge in [0.2, 0.25) is 0 Å². The summed E-state index contributed by atoms with van der Waals surface area (Å²) in [4.78, 5) is 17.3. The van der Waals surface area contributed by atoms with Crippen molar-refractivity contribution >= 4 is 57.7 Å². The molecule has 1 fully saturated rings. The molecule has 0 atom stereocenters. The molecule has 0 bridgehead atoms. The molecule has 2 heterocycles. The molecule has 0 N–H and O–H groups in total. The van der Waals surface area contributed by atoms with Crippen molar-refractivity contribution in [1.82, 2.24) is 15.2 Å². The molecular weight excluding hydrogens is 509 g/mol. The van der Waals surface area contributed by atoms with Crippen molar-refractivity contribution in [2.45, 2.75) is 19.3 Å². The topological polar surface area (TPSA) is 65.0 Å². The van der Waals surface area contributed by atoms with Crippen LogP contribution in [0.25, 0.3) is 5.57 Å². The summed E-state index contributed by atoms with van der Waals surface area (Å²) in [5.74, 6) is 7.37. The normalized spacial score (nSPS) is 15.5. The van der Waals surface area contributed by atoms with E-state index in [2.05, 4.69) is 27.0 Å². The average molecular weight is 525 g/mol. The Morgan fingerprint density at radius 3 is 2.93 bits per heavy atom. The van der Waals surface area contributed by atoms with E-state index in [1.165, 1.54) is 24.2 Å². The fraction of sp³-hybridized carbons (Fsp3) is 0.238. The van der Waals surface area contributed by atoms with Gasteiger partial charge in [-0.25, -0.2) is 0 Å². The standard InChI is InChI=1S/C14H11ClNO2.C7H5N2S.In/c1-18-13-8-16-14(15)7-12(13)11-6-4-2-3-5-10(11)9-17;1-2-6(1)3-4-7-9-8-5-10-7;/h3-8H,2H2,1H3;6H,1-2H2;. The number of methoxy groups -OCH3 is 1. The molecule has 2 aliphatic carbocycles. The van der Waals surface area contributed by atoms with Crippen molar-refractivity contribution in [3.63, 3.8) is 0 Å². The van der Waals surface area contributed by atoms with E-state index in [0.29, 0.717) is 27.4 Å². The van der Waals surface area contributed by atoms with Crippen LogP contribution in [0, 0.1) is 17.8 Å². The molecular formula is C21H16ClInN3O2S. The third-order valence-electron chi connectivity index (χ3n) is 4.40. The molecule has 5 nitrogen and oxygen atoms in total. The Morgan fingerprint density at radius 1 is 1.31 bits per heavy atom. The van der Waals surface area contributed by atoms with Crippen molar-refractivity contribution in [3.05, 3.63) is 57.9 Å². The van der Waals surface area contributed by atoms with Gasteiger partial charge in [-0.1, -0.05) is 0 Å². The second-order valence-corrected chi connectivity index (χ2v) is 13.0. The number of pyridine rings is 1.